The lowest BCUT2D eigenvalue weighted by atomic mass is 10.2. The summed E-state index contributed by atoms with van der Waals surface area (Å²) in [6.07, 6.45) is 1.26. The number of aliphatic imine (C=N–C) groups is 1. The maximum atomic E-state index is 11.0. The Labute approximate surface area is 71.4 Å². The Morgan fingerprint density at radius 3 is 2.92 bits per heavy atom. The van der Waals surface area contributed by atoms with Crippen LogP contribution < -0.4 is 0 Å². The van der Waals surface area contributed by atoms with Crippen molar-refractivity contribution in [3.63, 3.8) is 0 Å². The minimum atomic E-state index is -0.408. The molecule has 3 heteroatoms. The second-order valence-corrected chi connectivity index (χ2v) is 2.65. The van der Waals surface area contributed by atoms with Crippen LogP contribution in [0, 0.1) is 0 Å². The molecule has 0 spiro atoms. The summed E-state index contributed by atoms with van der Waals surface area (Å²) in [5, 5.41) is 0. The maximum absolute atomic E-state index is 11.0. The number of carbonyl (C=O) groups excluding carboxylic acids is 1. The lowest BCUT2D eigenvalue weighted by Gasteiger charge is -1.97. The van der Waals surface area contributed by atoms with Crippen molar-refractivity contribution in [3.05, 3.63) is 24.8 Å². The normalized spacial score (nSPS) is 21.1. The lowest BCUT2D eigenvalue weighted by molar-refractivity contribution is -0.115. The standard InChI is InChI=1S/C9H11NO2/c1-4-8(11)7-5-12-9(10-7)6(2)3/h4,7H,1-2,5H2,3H3. The molecule has 0 saturated heterocycles. The molecule has 1 aliphatic rings. The summed E-state index contributed by atoms with van der Waals surface area (Å²) >= 11 is 0. The first kappa shape index (κ1) is 8.71. The van der Waals surface area contributed by atoms with Gasteiger partial charge in [0.25, 0.3) is 0 Å². The van der Waals surface area contributed by atoms with Crippen LogP contribution in [0.3, 0.4) is 0 Å². The van der Waals surface area contributed by atoms with Crippen molar-refractivity contribution in [2.45, 2.75) is 13.0 Å². The number of rotatable bonds is 3. The van der Waals surface area contributed by atoms with E-state index in [0.717, 1.165) is 5.57 Å². The molecule has 1 heterocycles. The van der Waals surface area contributed by atoms with Crippen molar-refractivity contribution in [2.75, 3.05) is 6.61 Å². The highest BCUT2D eigenvalue weighted by Gasteiger charge is 2.23. The van der Waals surface area contributed by atoms with E-state index in [9.17, 15) is 4.79 Å². The van der Waals surface area contributed by atoms with E-state index in [-0.39, 0.29) is 5.78 Å². The van der Waals surface area contributed by atoms with Crippen molar-refractivity contribution in [1.82, 2.24) is 0 Å². The van der Waals surface area contributed by atoms with Gasteiger partial charge in [-0.3, -0.25) is 4.79 Å². The first-order valence-corrected chi connectivity index (χ1v) is 3.68. The summed E-state index contributed by atoms with van der Waals surface area (Å²) in [6.45, 7) is 9.15. The molecule has 0 aromatic carbocycles. The number of carbonyl (C=O) groups is 1. The minimum absolute atomic E-state index is 0.105. The molecule has 3 nitrogen and oxygen atoms in total. The second kappa shape index (κ2) is 3.34. The molecule has 12 heavy (non-hydrogen) atoms. The van der Waals surface area contributed by atoms with Gasteiger partial charge < -0.3 is 4.74 Å². The zero-order valence-electron chi connectivity index (χ0n) is 7.04. The number of hydrogen-bond donors (Lipinski definition) is 0. The van der Waals surface area contributed by atoms with Crippen molar-refractivity contribution in [1.29, 1.82) is 0 Å². The number of hydrogen-bond acceptors (Lipinski definition) is 3. The largest absolute Gasteiger partial charge is 0.475 e. The van der Waals surface area contributed by atoms with Crippen LogP contribution in [0.25, 0.3) is 0 Å². The van der Waals surface area contributed by atoms with E-state index >= 15 is 0 Å². The SMILES string of the molecule is C=CC(=O)C1COC(C(=C)C)=N1. The van der Waals surface area contributed by atoms with Gasteiger partial charge in [-0.1, -0.05) is 13.2 Å². The van der Waals surface area contributed by atoms with Gasteiger partial charge in [-0.25, -0.2) is 4.99 Å². The molecule has 0 radical (unpaired) electrons. The first-order valence-electron chi connectivity index (χ1n) is 3.68. The lowest BCUT2D eigenvalue weighted by Crippen LogP contribution is -2.16. The first-order chi connectivity index (χ1) is 5.65. The van der Waals surface area contributed by atoms with E-state index in [1.807, 2.05) is 0 Å². The van der Waals surface area contributed by atoms with Crippen molar-refractivity contribution >= 4 is 11.7 Å². The average Bonchev–Trinajstić information content (AvgIpc) is 2.51. The van der Waals surface area contributed by atoms with E-state index in [2.05, 4.69) is 18.2 Å². The molecule has 1 rings (SSSR count). The van der Waals surface area contributed by atoms with E-state index < -0.39 is 6.04 Å². The molecule has 0 aromatic heterocycles. The molecule has 64 valence electrons. The Morgan fingerprint density at radius 1 is 1.83 bits per heavy atom. The molecule has 0 amide bonds. The van der Waals surface area contributed by atoms with Gasteiger partial charge in [0.2, 0.25) is 5.90 Å². The van der Waals surface area contributed by atoms with Crippen LogP contribution in [-0.2, 0) is 9.53 Å². The number of ether oxygens (including phenoxy) is 1. The van der Waals surface area contributed by atoms with Crippen molar-refractivity contribution in [2.24, 2.45) is 4.99 Å². The van der Waals surface area contributed by atoms with Gasteiger partial charge in [0.15, 0.2) is 11.8 Å². The van der Waals surface area contributed by atoms with Crippen LogP contribution in [-0.4, -0.2) is 24.3 Å². The summed E-state index contributed by atoms with van der Waals surface area (Å²) in [5.41, 5.74) is 0.745. The van der Waals surface area contributed by atoms with Gasteiger partial charge in [0, 0.05) is 5.57 Å². The molecule has 0 N–H and O–H groups in total. The highest BCUT2D eigenvalue weighted by Crippen LogP contribution is 2.10. The third kappa shape index (κ3) is 1.61. The molecule has 0 bridgehead atoms. The Hall–Kier alpha value is -1.38. The highest BCUT2D eigenvalue weighted by molar-refractivity contribution is 6.00. The fraction of sp³-hybridized carbons (Fsp3) is 0.333. The fourth-order valence-corrected chi connectivity index (χ4v) is 0.889. The van der Waals surface area contributed by atoms with Gasteiger partial charge >= 0.3 is 0 Å². The van der Waals surface area contributed by atoms with Gasteiger partial charge in [-0.15, -0.1) is 0 Å². The zero-order chi connectivity index (χ0) is 9.14. The molecule has 1 atom stereocenters. The maximum Gasteiger partial charge on any atom is 0.211 e. The van der Waals surface area contributed by atoms with Crippen LogP contribution in [0.1, 0.15) is 6.92 Å². The number of ketones is 1. The molecular weight excluding hydrogens is 154 g/mol. The predicted octanol–water partition coefficient (Wildman–Crippen LogP) is 1.11. The molecule has 0 saturated carbocycles. The third-order valence-corrected chi connectivity index (χ3v) is 1.55. The van der Waals surface area contributed by atoms with Crippen molar-refractivity contribution in [3.8, 4) is 0 Å². The van der Waals surface area contributed by atoms with E-state index in [4.69, 9.17) is 4.74 Å². The summed E-state index contributed by atoms with van der Waals surface area (Å²) in [6, 6.07) is -0.408. The second-order valence-electron chi connectivity index (χ2n) is 2.65. The third-order valence-electron chi connectivity index (χ3n) is 1.55. The summed E-state index contributed by atoms with van der Waals surface area (Å²) < 4.78 is 5.13. The molecule has 1 aliphatic heterocycles. The Kier molecular flexibility index (Phi) is 2.43. The summed E-state index contributed by atoms with van der Waals surface area (Å²) in [5.74, 6) is 0.376. The van der Waals surface area contributed by atoms with Crippen LogP contribution in [0.4, 0.5) is 0 Å². The Morgan fingerprint density at radius 2 is 2.50 bits per heavy atom. The molecule has 0 fully saturated rings. The van der Waals surface area contributed by atoms with Crippen LogP contribution in [0.5, 0.6) is 0 Å². The van der Waals surface area contributed by atoms with Gasteiger partial charge in [0.1, 0.15) is 6.61 Å². The quantitative estimate of drug-likeness (QED) is 0.588. The predicted molar refractivity (Wildman–Crippen MR) is 47.2 cm³/mol. The zero-order valence-corrected chi connectivity index (χ0v) is 7.04. The highest BCUT2D eigenvalue weighted by atomic mass is 16.5. The van der Waals surface area contributed by atoms with Gasteiger partial charge in [0.05, 0.1) is 0 Å². The molecule has 0 aliphatic carbocycles. The van der Waals surface area contributed by atoms with Gasteiger partial charge in [-0.2, -0.15) is 0 Å². The molecular formula is C9H11NO2. The van der Waals surface area contributed by atoms with E-state index in [1.54, 1.807) is 6.92 Å². The Bertz CT molecular complexity index is 266. The smallest absolute Gasteiger partial charge is 0.211 e. The molecule has 1 unspecified atom stereocenters. The number of nitrogens with zero attached hydrogens (tertiary/aromatic N) is 1. The monoisotopic (exact) mass is 165 g/mol. The topological polar surface area (TPSA) is 38.7 Å². The molecule has 0 aromatic rings. The Balaban J connectivity index is 2.70. The van der Waals surface area contributed by atoms with Crippen LogP contribution >= 0.6 is 0 Å². The average molecular weight is 165 g/mol. The van der Waals surface area contributed by atoms with Crippen LogP contribution in [0.2, 0.25) is 0 Å². The fourth-order valence-electron chi connectivity index (χ4n) is 0.889. The summed E-state index contributed by atoms with van der Waals surface area (Å²) in [4.78, 5) is 15.1. The van der Waals surface area contributed by atoms with E-state index in [0.29, 0.717) is 12.5 Å². The van der Waals surface area contributed by atoms with Crippen molar-refractivity contribution < 1.29 is 9.53 Å². The van der Waals surface area contributed by atoms with Gasteiger partial charge in [-0.05, 0) is 13.0 Å². The minimum Gasteiger partial charge on any atom is -0.475 e. The van der Waals surface area contributed by atoms with Crippen LogP contribution in [0.15, 0.2) is 29.8 Å². The van der Waals surface area contributed by atoms with E-state index in [1.165, 1.54) is 6.08 Å². The summed E-state index contributed by atoms with van der Waals surface area (Å²) in [7, 11) is 0.